The van der Waals surface area contributed by atoms with Gasteiger partial charge in [0.25, 0.3) is 0 Å². The van der Waals surface area contributed by atoms with Crippen LogP contribution in [0.15, 0.2) is 30.3 Å². The molecule has 0 aromatic heterocycles. The second-order valence-electron chi connectivity index (χ2n) is 3.28. The molecule has 0 aliphatic rings. The third-order valence-corrected chi connectivity index (χ3v) is 23.8. The molecule has 0 saturated carbocycles. The van der Waals surface area contributed by atoms with E-state index in [2.05, 4.69) is 0 Å². The molecule has 21 heavy (non-hydrogen) atoms. The first-order chi connectivity index (χ1) is 9.23. The summed E-state index contributed by atoms with van der Waals surface area (Å²) in [5.41, 5.74) is -12.2. The molecule has 13 heteroatoms. The van der Waals surface area contributed by atoms with Crippen LogP contribution >= 0.6 is 17.0 Å². The fourth-order valence-electron chi connectivity index (χ4n) is 1.02. The van der Waals surface area contributed by atoms with Gasteiger partial charge in [-0.25, -0.2) is 0 Å². The Balaban J connectivity index is 3.72. The van der Waals surface area contributed by atoms with Crippen LogP contribution in [0.25, 0.3) is 0 Å². The van der Waals surface area contributed by atoms with E-state index in [0.29, 0.717) is 12.1 Å². The van der Waals surface area contributed by atoms with Gasteiger partial charge < -0.3 is 0 Å². The second-order valence-corrected chi connectivity index (χ2v) is 20.9. The molecule has 4 nitrogen and oxygen atoms in total. The molecule has 0 aliphatic heterocycles. The van der Waals surface area contributed by atoms with Crippen molar-refractivity contribution in [3.05, 3.63) is 33.9 Å². The topological polar surface area (TPSA) is 68.3 Å². The molecule has 0 fully saturated rings. The molecule has 122 valence electrons. The van der Waals surface area contributed by atoms with E-state index in [1.54, 1.807) is 0 Å². The van der Waals surface area contributed by atoms with Crippen molar-refractivity contribution in [3.8, 4) is 0 Å². The molecule has 1 aromatic carbocycles. The van der Waals surface area contributed by atoms with Gasteiger partial charge >= 0.3 is 119 Å². The molecule has 0 N–H and O–H groups in total. The van der Waals surface area contributed by atoms with Crippen LogP contribution < -0.4 is 0 Å². The predicted octanol–water partition coefficient (Wildman–Crippen LogP) is 3.06. The summed E-state index contributed by atoms with van der Waals surface area (Å²) in [5, 5.41) is 0. The SMILES string of the molecule is O=S(=O)(I(c1ccccc1)S(=O)(=O)C(F)(F)F)C(F)(F)F. The van der Waals surface area contributed by atoms with Gasteiger partial charge in [0.2, 0.25) is 0 Å². The number of benzene rings is 1. The van der Waals surface area contributed by atoms with Crippen molar-refractivity contribution < 1.29 is 43.2 Å². The van der Waals surface area contributed by atoms with Gasteiger partial charge in [0.05, 0.1) is 0 Å². The van der Waals surface area contributed by atoms with Crippen LogP contribution in [0.4, 0.5) is 26.3 Å². The molecule has 0 amide bonds. The Morgan fingerprint density at radius 3 is 1.33 bits per heavy atom. The molecule has 0 saturated heterocycles. The monoisotopic (exact) mass is 470 g/mol. The summed E-state index contributed by atoms with van der Waals surface area (Å²) in [7, 11) is -13.0. The van der Waals surface area contributed by atoms with Gasteiger partial charge in [-0.15, -0.1) is 0 Å². The molecule has 0 radical (unpaired) electrons. The quantitative estimate of drug-likeness (QED) is 0.387. The first kappa shape index (κ1) is 18.5. The van der Waals surface area contributed by atoms with Crippen molar-refractivity contribution in [2.24, 2.45) is 0 Å². The van der Waals surface area contributed by atoms with Crippen LogP contribution in [0, 0.1) is 3.57 Å². The number of halogens is 7. The first-order valence-corrected chi connectivity index (χ1v) is 13.7. The normalized spacial score (nSPS) is 14.9. The third kappa shape index (κ3) is 3.44. The molecular weight excluding hydrogens is 465 g/mol. The minimum atomic E-state index is -6.48. The van der Waals surface area contributed by atoms with Gasteiger partial charge in [0.15, 0.2) is 0 Å². The standard InChI is InChI=1S/C8H5F6IO4S2/c9-7(10,11)20(16,17)15(6-4-2-1-3-5-6)21(18,19)8(12,13)14/h1-5H. The number of hydrogen-bond acceptors (Lipinski definition) is 4. The number of alkyl halides is 6. The molecular formula is C8H5F6IO4S2. The Bertz CT molecular complexity index is 663. The Morgan fingerprint density at radius 1 is 0.714 bits per heavy atom. The maximum atomic E-state index is 12.5. The van der Waals surface area contributed by atoms with Gasteiger partial charge in [-0.05, 0) is 0 Å². The van der Waals surface area contributed by atoms with E-state index >= 15 is 0 Å². The number of hydrogen-bond donors (Lipinski definition) is 0. The van der Waals surface area contributed by atoms with E-state index in [9.17, 15) is 43.2 Å². The Kier molecular flexibility index (Phi) is 4.90. The van der Waals surface area contributed by atoms with Gasteiger partial charge in [0, 0.05) is 0 Å². The molecule has 0 unspecified atom stereocenters. The average molecular weight is 470 g/mol. The molecule has 0 bridgehead atoms. The van der Waals surface area contributed by atoms with E-state index in [-0.39, 0.29) is 0 Å². The van der Waals surface area contributed by atoms with Gasteiger partial charge in [-0.1, -0.05) is 0 Å². The summed E-state index contributed by atoms with van der Waals surface area (Å²) in [6.07, 6.45) is 0. The van der Waals surface area contributed by atoms with Crippen molar-refractivity contribution in [2.45, 2.75) is 11.0 Å². The van der Waals surface area contributed by atoms with Crippen molar-refractivity contribution in [1.29, 1.82) is 0 Å². The van der Waals surface area contributed by atoms with Crippen molar-refractivity contribution >= 4 is 31.1 Å². The molecule has 1 aromatic rings. The third-order valence-electron chi connectivity index (χ3n) is 1.83. The average Bonchev–Trinajstić information content (AvgIpc) is 2.26. The van der Waals surface area contributed by atoms with E-state index in [1.165, 1.54) is 6.07 Å². The second kappa shape index (κ2) is 5.57. The van der Waals surface area contributed by atoms with E-state index in [4.69, 9.17) is 0 Å². The van der Waals surface area contributed by atoms with Crippen molar-refractivity contribution in [2.75, 3.05) is 0 Å². The number of rotatable bonds is 3. The van der Waals surface area contributed by atoms with Crippen LogP contribution in [-0.4, -0.2) is 27.9 Å². The summed E-state index contributed by atoms with van der Waals surface area (Å²) in [4.78, 5) is 0. The summed E-state index contributed by atoms with van der Waals surface area (Å²) in [6, 6.07) is 4.35. The zero-order chi connectivity index (χ0) is 16.7. The van der Waals surface area contributed by atoms with Gasteiger partial charge in [0.1, 0.15) is 0 Å². The van der Waals surface area contributed by atoms with E-state index in [0.717, 1.165) is 12.1 Å². The Morgan fingerprint density at radius 2 is 1.05 bits per heavy atom. The molecule has 1 rings (SSSR count). The van der Waals surface area contributed by atoms with E-state index < -0.39 is 45.7 Å². The zero-order valence-corrected chi connectivity index (χ0v) is 13.3. The fraction of sp³-hybridized carbons (Fsp3) is 0.250. The van der Waals surface area contributed by atoms with Crippen molar-refractivity contribution in [1.82, 2.24) is 0 Å². The van der Waals surface area contributed by atoms with Crippen LogP contribution in [0.5, 0.6) is 0 Å². The van der Waals surface area contributed by atoms with Crippen LogP contribution in [0.3, 0.4) is 0 Å². The molecule has 0 aliphatic carbocycles. The fourth-order valence-corrected chi connectivity index (χ4v) is 20.3. The Hall–Kier alpha value is -0.570. The Labute approximate surface area is 119 Å². The van der Waals surface area contributed by atoms with Crippen LogP contribution in [0.1, 0.15) is 0 Å². The van der Waals surface area contributed by atoms with E-state index in [1.807, 2.05) is 0 Å². The summed E-state index contributed by atoms with van der Waals surface area (Å²) in [6.45, 7) is 0. The summed E-state index contributed by atoms with van der Waals surface area (Å²) >= 11 is -5.79. The summed E-state index contributed by atoms with van der Waals surface area (Å²) < 4.78 is 119. The zero-order valence-electron chi connectivity index (χ0n) is 9.48. The van der Waals surface area contributed by atoms with Crippen molar-refractivity contribution in [3.63, 3.8) is 0 Å². The molecule has 0 spiro atoms. The van der Waals surface area contributed by atoms with Crippen LogP contribution in [0.2, 0.25) is 0 Å². The summed E-state index contributed by atoms with van der Waals surface area (Å²) in [5.74, 6) is 0. The molecule has 0 atom stereocenters. The van der Waals surface area contributed by atoms with Gasteiger partial charge in [-0.3, -0.25) is 0 Å². The molecule has 0 heterocycles. The maximum absolute atomic E-state index is 12.5. The van der Waals surface area contributed by atoms with Gasteiger partial charge in [-0.2, -0.15) is 0 Å². The predicted molar refractivity (Wildman–Crippen MR) is 69.1 cm³/mol. The minimum absolute atomic E-state index is 0.622. The first-order valence-electron chi connectivity index (χ1n) is 4.62. The van der Waals surface area contributed by atoms with Crippen LogP contribution in [-0.2, 0) is 14.0 Å².